The van der Waals surface area contributed by atoms with Crippen molar-refractivity contribution in [2.45, 2.75) is 49.7 Å². The second-order valence-corrected chi connectivity index (χ2v) is 9.95. The average Bonchev–Trinajstić information content (AvgIpc) is 2.97. The van der Waals surface area contributed by atoms with Crippen molar-refractivity contribution in [2.24, 2.45) is 0 Å². The van der Waals surface area contributed by atoms with Crippen LogP contribution in [0.15, 0.2) is 28.5 Å². The second kappa shape index (κ2) is 7.01. The lowest BCUT2D eigenvalue weighted by Gasteiger charge is -2.26. The zero-order chi connectivity index (χ0) is 19.0. The molecule has 1 aromatic heterocycles. The van der Waals surface area contributed by atoms with E-state index < -0.39 is 33.5 Å². The summed E-state index contributed by atoms with van der Waals surface area (Å²) < 4.78 is 38.4. The van der Waals surface area contributed by atoms with Gasteiger partial charge in [-0.15, -0.1) is 11.3 Å². The van der Waals surface area contributed by atoms with E-state index in [1.165, 1.54) is 25.2 Å². The summed E-state index contributed by atoms with van der Waals surface area (Å²) in [7, 11) is 0. The van der Waals surface area contributed by atoms with Crippen LogP contribution in [-0.4, -0.2) is 20.2 Å². The molecule has 1 N–H and O–H groups in total. The van der Waals surface area contributed by atoms with Crippen molar-refractivity contribution in [2.75, 3.05) is 5.32 Å². The molecule has 2 aromatic rings. The van der Waals surface area contributed by atoms with Gasteiger partial charge in [-0.1, -0.05) is 20.8 Å². The number of nitrogens with one attached hydrogen (secondary N) is 1. The zero-order valence-electron chi connectivity index (χ0n) is 14.6. The maximum Gasteiger partial charge on any atom is 0.282 e. The van der Waals surface area contributed by atoms with E-state index in [2.05, 4.69) is 10.3 Å². The molecule has 0 aliphatic rings. The van der Waals surface area contributed by atoms with Crippen LogP contribution in [0.1, 0.15) is 40.3 Å². The minimum Gasteiger partial charge on any atom is -0.611 e. The van der Waals surface area contributed by atoms with Gasteiger partial charge < -0.3 is 4.55 Å². The lowest BCUT2D eigenvalue weighted by atomic mass is 9.93. The minimum atomic E-state index is -2.08. The fourth-order valence-corrected chi connectivity index (χ4v) is 4.07. The number of benzene rings is 1. The maximum absolute atomic E-state index is 13.9. The highest BCUT2D eigenvalue weighted by atomic mass is 32.2. The first kappa shape index (κ1) is 19.8. The standard InChI is InChI=1S/C17H20F2N2O2S2/c1-16(2,3)13-9-24-15(20-13)21-14(22)17(4,5)25(23)12-8-10(18)6-7-11(12)19/h6-9H,1-5H3,(H,20,21,22). The predicted molar refractivity (Wildman–Crippen MR) is 96.3 cm³/mol. The Balaban J connectivity index is 2.22. The molecule has 0 fully saturated rings. The van der Waals surface area contributed by atoms with Crippen LogP contribution in [-0.2, 0) is 21.4 Å². The van der Waals surface area contributed by atoms with Crippen molar-refractivity contribution in [3.8, 4) is 0 Å². The lowest BCUT2D eigenvalue weighted by Crippen LogP contribution is -2.44. The number of rotatable bonds is 4. The van der Waals surface area contributed by atoms with E-state index in [1.807, 2.05) is 26.2 Å². The maximum atomic E-state index is 13.9. The Kier molecular flexibility index (Phi) is 5.56. The molecule has 1 unspecified atom stereocenters. The second-order valence-electron chi connectivity index (χ2n) is 7.10. The molecule has 1 atom stereocenters. The van der Waals surface area contributed by atoms with Gasteiger partial charge in [0.2, 0.25) is 4.75 Å². The van der Waals surface area contributed by atoms with Crippen molar-refractivity contribution < 1.29 is 18.1 Å². The summed E-state index contributed by atoms with van der Waals surface area (Å²) in [4.78, 5) is 16.6. The van der Waals surface area contributed by atoms with Crippen LogP contribution in [0.2, 0.25) is 0 Å². The van der Waals surface area contributed by atoms with E-state index in [9.17, 15) is 18.1 Å². The molecule has 8 heteroatoms. The molecule has 1 aromatic carbocycles. The van der Waals surface area contributed by atoms with Crippen molar-refractivity contribution in [3.05, 3.63) is 40.9 Å². The molecule has 1 amide bonds. The van der Waals surface area contributed by atoms with Gasteiger partial charge in [-0.25, -0.2) is 13.8 Å². The Morgan fingerprint density at radius 3 is 2.44 bits per heavy atom. The number of halogens is 2. The van der Waals surface area contributed by atoms with E-state index in [0.29, 0.717) is 5.13 Å². The number of hydrogen-bond acceptors (Lipinski definition) is 4. The molecule has 4 nitrogen and oxygen atoms in total. The quantitative estimate of drug-likeness (QED) is 0.799. The topological polar surface area (TPSA) is 65.0 Å². The summed E-state index contributed by atoms with van der Waals surface area (Å²) in [6.45, 7) is 8.83. The van der Waals surface area contributed by atoms with Crippen molar-refractivity contribution in [1.82, 2.24) is 4.98 Å². The Labute approximate surface area is 152 Å². The van der Waals surface area contributed by atoms with Crippen LogP contribution in [0, 0.1) is 11.6 Å². The molecule has 0 saturated heterocycles. The zero-order valence-corrected chi connectivity index (χ0v) is 16.3. The summed E-state index contributed by atoms with van der Waals surface area (Å²) in [5.74, 6) is -2.11. The fraction of sp³-hybridized carbons (Fsp3) is 0.412. The third kappa shape index (κ3) is 4.37. The molecule has 0 spiro atoms. The van der Waals surface area contributed by atoms with Crippen LogP contribution >= 0.6 is 11.3 Å². The molecule has 0 radical (unpaired) electrons. The highest BCUT2D eigenvalue weighted by Gasteiger charge is 2.43. The van der Waals surface area contributed by atoms with Gasteiger partial charge in [0.15, 0.2) is 15.8 Å². The number of nitrogens with zero attached hydrogens (tertiary/aromatic N) is 1. The number of anilines is 1. The molecule has 136 valence electrons. The molecule has 1 heterocycles. The van der Waals surface area contributed by atoms with E-state index >= 15 is 0 Å². The Hall–Kier alpha value is -1.51. The first-order valence-corrected chi connectivity index (χ1v) is 9.60. The molecule has 0 aliphatic heterocycles. The van der Waals surface area contributed by atoms with Crippen LogP contribution in [0.3, 0.4) is 0 Å². The molecular weight excluding hydrogens is 366 g/mol. The van der Waals surface area contributed by atoms with Crippen molar-refractivity contribution >= 4 is 33.6 Å². The Bertz CT molecular complexity index is 785. The van der Waals surface area contributed by atoms with Crippen LogP contribution < -0.4 is 5.32 Å². The lowest BCUT2D eigenvalue weighted by molar-refractivity contribution is -0.117. The molecule has 0 bridgehead atoms. The van der Waals surface area contributed by atoms with Gasteiger partial charge in [-0.05, 0) is 26.0 Å². The third-order valence-electron chi connectivity index (χ3n) is 3.60. The highest BCUT2D eigenvalue weighted by molar-refractivity contribution is 7.93. The first-order valence-electron chi connectivity index (χ1n) is 7.57. The van der Waals surface area contributed by atoms with Gasteiger partial charge >= 0.3 is 0 Å². The van der Waals surface area contributed by atoms with E-state index in [1.54, 1.807) is 0 Å². The molecule has 25 heavy (non-hydrogen) atoms. The van der Waals surface area contributed by atoms with Crippen molar-refractivity contribution in [3.63, 3.8) is 0 Å². The summed E-state index contributed by atoms with van der Waals surface area (Å²) >= 11 is -0.822. The molecule has 0 saturated carbocycles. The van der Waals surface area contributed by atoms with Crippen LogP contribution in [0.4, 0.5) is 13.9 Å². The van der Waals surface area contributed by atoms with Gasteiger partial charge in [0.25, 0.3) is 5.91 Å². The van der Waals surface area contributed by atoms with E-state index in [0.717, 1.165) is 23.9 Å². The summed E-state index contributed by atoms with van der Waals surface area (Å²) in [5, 5.41) is 4.83. The number of aromatic nitrogens is 1. The summed E-state index contributed by atoms with van der Waals surface area (Å²) in [6, 6.07) is 2.68. The third-order valence-corrected chi connectivity index (χ3v) is 6.18. The molecule has 2 rings (SSSR count). The Morgan fingerprint density at radius 1 is 1.24 bits per heavy atom. The SMILES string of the molecule is CC(C)(C)c1csc(NC(=O)C(C)(C)[S+]([O-])c2cc(F)ccc2F)n1. The largest absolute Gasteiger partial charge is 0.611 e. The Morgan fingerprint density at radius 2 is 1.88 bits per heavy atom. The number of carbonyl (C=O) groups excluding carboxylic acids is 1. The van der Waals surface area contributed by atoms with Gasteiger partial charge in [0, 0.05) is 28.0 Å². The molecular formula is C17H20F2N2O2S2. The number of hydrogen-bond donors (Lipinski definition) is 1. The predicted octanol–water partition coefficient (Wildman–Crippen LogP) is 4.24. The summed E-state index contributed by atoms with van der Waals surface area (Å²) in [5.41, 5.74) is 0.658. The number of thiazole rings is 1. The molecule has 0 aliphatic carbocycles. The average molecular weight is 386 g/mol. The fourth-order valence-electron chi connectivity index (χ4n) is 1.90. The van der Waals surface area contributed by atoms with Crippen molar-refractivity contribution in [1.29, 1.82) is 0 Å². The summed E-state index contributed by atoms with van der Waals surface area (Å²) in [6.07, 6.45) is 0. The van der Waals surface area contributed by atoms with E-state index in [-0.39, 0.29) is 10.3 Å². The van der Waals surface area contributed by atoms with E-state index in [4.69, 9.17) is 0 Å². The van der Waals surface area contributed by atoms with Gasteiger partial charge in [0.05, 0.1) is 5.69 Å². The van der Waals surface area contributed by atoms with Crippen LogP contribution in [0.5, 0.6) is 0 Å². The number of amides is 1. The number of carbonyl (C=O) groups is 1. The van der Waals surface area contributed by atoms with Gasteiger partial charge in [0.1, 0.15) is 5.82 Å². The monoisotopic (exact) mass is 386 g/mol. The first-order chi connectivity index (χ1) is 11.4. The highest BCUT2D eigenvalue weighted by Crippen LogP contribution is 2.31. The van der Waals surface area contributed by atoms with Gasteiger partial charge in [-0.3, -0.25) is 10.1 Å². The minimum absolute atomic E-state index is 0.164. The smallest absolute Gasteiger partial charge is 0.282 e. The van der Waals surface area contributed by atoms with Gasteiger partial charge in [-0.2, -0.15) is 0 Å². The normalized spacial score (nSPS) is 13.6. The van der Waals surface area contributed by atoms with Crippen LogP contribution in [0.25, 0.3) is 0 Å².